The molecule has 2 heterocycles. The van der Waals surface area contributed by atoms with E-state index in [2.05, 4.69) is 66.7 Å². The molecule has 0 saturated heterocycles. The van der Waals surface area contributed by atoms with E-state index in [0.717, 1.165) is 16.7 Å². The average molecular weight is 563 g/mol. The van der Waals surface area contributed by atoms with E-state index in [4.69, 9.17) is 15.0 Å². The summed E-state index contributed by atoms with van der Waals surface area (Å²) in [5, 5.41) is 7.99. The van der Waals surface area contributed by atoms with Crippen molar-refractivity contribution in [2.75, 3.05) is 0 Å². The van der Waals surface area contributed by atoms with E-state index in [0.29, 0.717) is 17.5 Å². The molecule has 8 rings (SSSR count). The van der Waals surface area contributed by atoms with Crippen LogP contribution < -0.4 is 0 Å². The molecule has 2 aromatic heterocycles. The number of aromatic nitrogens is 3. The Labute approximate surface area is 231 Å². The fraction of sp³-hybridized carbons (Fsp3) is 0. The first kappa shape index (κ1) is 22.4. The summed E-state index contributed by atoms with van der Waals surface area (Å²) in [6, 6.07) is 44.8. The number of benzene rings is 6. The van der Waals surface area contributed by atoms with Gasteiger partial charge >= 0.3 is 232 Å². The first-order chi connectivity index (χ1) is 19.3. The Morgan fingerprint density at radius 2 is 0.974 bits per heavy atom. The Balaban J connectivity index is 1.35. The Morgan fingerprint density at radius 3 is 1.69 bits per heavy atom. The second kappa shape index (κ2) is 8.99. The Kier molecular flexibility index (Phi) is 5.15. The zero-order chi connectivity index (χ0) is 25.8. The van der Waals surface area contributed by atoms with Gasteiger partial charge in [0, 0.05) is 0 Å². The topological polar surface area (TPSA) is 38.7 Å². The third-order valence-electron chi connectivity index (χ3n) is 7.30. The summed E-state index contributed by atoms with van der Waals surface area (Å²) in [6.07, 6.45) is 0. The third-order valence-corrected chi connectivity index (χ3v) is 9.79. The molecule has 6 aromatic carbocycles. The van der Waals surface area contributed by atoms with E-state index in [1.807, 2.05) is 60.7 Å². The minimum atomic E-state index is 0.182. The molecular weight excluding hydrogens is 541 g/mol. The number of rotatable bonds is 3. The molecule has 0 N–H and O–H groups in total. The van der Waals surface area contributed by atoms with Crippen LogP contribution in [0, 0.1) is 0 Å². The summed E-state index contributed by atoms with van der Waals surface area (Å²) in [6.45, 7) is 0. The van der Waals surface area contributed by atoms with E-state index < -0.39 is 0 Å². The Hall–Kier alpha value is -4.63. The zero-order valence-electron chi connectivity index (χ0n) is 20.9. The van der Waals surface area contributed by atoms with Crippen LogP contribution in [0.1, 0.15) is 0 Å². The van der Waals surface area contributed by atoms with Gasteiger partial charge < -0.3 is 0 Å². The number of hydrogen-bond acceptors (Lipinski definition) is 3. The molecule has 0 aliphatic rings. The van der Waals surface area contributed by atoms with Gasteiger partial charge in [0.1, 0.15) is 0 Å². The Morgan fingerprint density at radius 1 is 0.410 bits per heavy atom. The molecule has 0 amide bonds. The maximum absolute atomic E-state index is 4.95. The zero-order valence-corrected chi connectivity index (χ0v) is 22.6. The van der Waals surface area contributed by atoms with Crippen molar-refractivity contribution in [3.8, 4) is 34.2 Å². The van der Waals surface area contributed by atoms with Crippen molar-refractivity contribution in [1.29, 1.82) is 0 Å². The van der Waals surface area contributed by atoms with Gasteiger partial charge in [-0.25, -0.2) is 0 Å². The second-order valence-electron chi connectivity index (χ2n) is 9.68. The van der Waals surface area contributed by atoms with Gasteiger partial charge in [0.15, 0.2) is 0 Å². The molecule has 0 unspecified atom stereocenters. The minimum absolute atomic E-state index is 0.182. The third kappa shape index (κ3) is 3.77. The van der Waals surface area contributed by atoms with Crippen LogP contribution in [0.3, 0.4) is 0 Å². The quantitative estimate of drug-likeness (QED) is 0.160. The molecular formula is C35H21N3Se. The molecule has 0 aliphatic heterocycles. The van der Waals surface area contributed by atoms with Crippen molar-refractivity contribution in [3.05, 3.63) is 127 Å². The molecule has 0 saturated carbocycles. The van der Waals surface area contributed by atoms with Crippen LogP contribution in [0.25, 0.3) is 75.0 Å². The van der Waals surface area contributed by atoms with E-state index in [1.54, 1.807) is 0 Å². The van der Waals surface area contributed by atoms with E-state index in [9.17, 15) is 0 Å². The van der Waals surface area contributed by atoms with Crippen molar-refractivity contribution in [3.63, 3.8) is 0 Å². The summed E-state index contributed by atoms with van der Waals surface area (Å²) >= 11 is 0.182. The summed E-state index contributed by atoms with van der Waals surface area (Å²) < 4.78 is 2.84. The SMILES string of the molecule is c1ccc(-c2nc(-c3ccccc3)nc(-c3ccc4c(c3)[se]c3c4ccc4ccc5ccccc5c43)n2)cc1. The number of nitrogens with zero attached hydrogens (tertiary/aromatic N) is 3. The first-order valence-corrected chi connectivity index (χ1v) is 14.7. The Bertz CT molecular complexity index is 2110. The second-order valence-corrected chi connectivity index (χ2v) is 11.9. The van der Waals surface area contributed by atoms with Gasteiger partial charge in [0.25, 0.3) is 0 Å². The van der Waals surface area contributed by atoms with Crippen molar-refractivity contribution < 1.29 is 0 Å². The van der Waals surface area contributed by atoms with Crippen LogP contribution in [0.15, 0.2) is 127 Å². The standard InChI is InChI=1S/C35H21N3Se/c1-3-10-24(11-4-1)33-36-34(25-12-5-2-6-13-25)38-35(37-33)26-18-19-28-29-20-17-23-16-15-22-9-7-8-14-27(22)31(23)32(29)39-30(28)21-26/h1-21H. The van der Waals surface area contributed by atoms with Crippen LogP contribution in [0.5, 0.6) is 0 Å². The van der Waals surface area contributed by atoms with Gasteiger partial charge in [-0.15, -0.1) is 0 Å². The van der Waals surface area contributed by atoms with Crippen LogP contribution in [0.2, 0.25) is 0 Å². The molecule has 0 bridgehead atoms. The van der Waals surface area contributed by atoms with Crippen molar-refractivity contribution in [2.24, 2.45) is 0 Å². The van der Waals surface area contributed by atoms with E-state index in [-0.39, 0.29) is 14.5 Å². The molecule has 39 heavy (non-hydrogen) atoms. The maximum atomic E-state index is 4.95. The molecule has 182 valence electrons. The van der Waals surface area contributed by atoms with Gasteiger partial charge in [-0.3, -0.25) is 0 Å². The predicted octanol–water partition coefficient (Wildman–Crippen LogP) is 8.54. The van der Waals surface area contributed by atoms with Gasteiger partial charge in [-0.1, -0.05) is 0 Å². The fourth-order valence-corrected chi connectivity index (χ4v) is 8.15. The summed E-state index contributed by atoms with van der Waals surface area (Å²) in [7, 11) is 0. The van der Waals surface area contributed by atoms with Crippen molar-refractivity contribution in [2.45, 2.75) is 0 Å². The molecule has 0 atom stereocenters. The van der Waals surface area contributed by atoms with Gasteiger partial charge in [0.2, 0.25) is 0 Å². The molecule has 0 aliphatic carbocycles. The molecule has 3 nitrogen and oxygen atoms in total. The molecule has 0 spiro atoms. The van der Waals surface area contributed by atoms with E-state index >= 15 is 0 Å². The fourth-order valence-electron chi connectivity index (χ4n) is 5.40. The number of fused-ring (bicyclic) bond motifs is 7. The van der Waals surface area contributed by atoms with Crippen LogP contribution in [0.4, 0.5) is 0 Å². The summed E-state index contributed by atoms with van der Waals surface area (Å²) in [5.41, 5.74) is 2.98. The summed E-state index contributed by atoms with van der Waals surface area (Å²) in [5.74, 6) is 2.07. The predicted molar refractivity (Wildman–Crippen MR) is 163 cm³/mol. The van der Waals surface area contributed by atoms with Gasteiger partial charge in [-0.2, -0.15) is 0 Å². The normalized spacial score (nSPS) is 11.6. The van der Waals surface area contributed by atoms with Crippen molar-refractivity contribution >= 4 is 55.3 Å². The van der Waals surface area contributed by atoms with E-state index in [1.165, 1.54) is 40.8 Å². The number of hydrogen-bond donors (Lipinski definition) is 0. The molecule has 4 heteroatoms. The van der Waals surface area contributed by atoms with Crippen LogP contribution in [-0.2, 0) is 0 Å². The summed E-state index contributed by atoms with van der Waals surface area (Å²) in [4.78, 5) is 14.7. The monoisotopic (exact) mass is 563 g/mol. The van der Waals surface area contributed by atoms with Gasteiger partial charge in [-0.05, 0) is 0 Å². The molecule has 0 radical (unpaired) electrons. The molecule has 8 aromatic rings. The average Bonchev–Trinajstić information content (AvgIpc) is 3.39. The molecule has 0 fully saturated rings. The van der Waals surface area contributed by atoms with Crippen LogP contribution in [-0.4, -0.2) is 29.5 Å². The van der Waals surface area contributed by atoms with Gasteiger partial charge in [0.05, 0.1) is 0 Å². The first-order valence-electron chi connectivity index (χ1n) is 13.0. The van der Waals surface area contributed by atoms with Crippen molar-refractivity contribution in [1.82, 2.24) is 15.0 Å². The van der Waals surface area contributed by atoms with Crippen LogP contribution >= 0.6 is 0 Å².